The first-order valence-electron chi connectivity index (χ1n) is 8.71. The van der Waals surface area contributed by atoms with Crippen LogP contribution in [0.4, 0.5) is 0 Å². The molecule has 2 atom stereocenters. The highest BCUT2D eigenvalue weighted by molar-refractivity contribution is 5.80. The summed E-state index contributed by atoms with van der Waals surface area (Å²) in [6.45, 7) is 3.70. The maximum absolute atomic E-state index is 5.70. The lowest BCUT2D eigenvalue weighted by molar-refractivity contribution is -0.165. The molecule has 2 aromatic rings. The van der Waals surface area contributed by atoms with Crippen LogP contribution in [-0.2, 0) is 9.47 Å². The normalized spacial score (nSPS) is 22.7. The van der Waals surface area contributed by atoms with Gasteiger partial charge in [-0.2, -0.15) is 0 Å². The second kappa shape index (κ2) is 7.30. The number of rotatable bonds is 6. The molecule has 2 aliphatic heterocycles. The molecule has 0 amide bonds. The Kier molecular flexibility index (Phi) is 4.72. The average Bonchev–Trinajstić information content (AvgIpc) is 2.56. The third-order valence-electron chi connectivity index (χ3n) is 4.42. The van der Waals surface area contributed by atoms with Crippen molar-refractivity contribution >= 4 is 11.6 Å². The molecule has 2 aliphatic rings. The van der Waals surface area contributed by atoms with Crippen molar-refractivity contribution < 1.29 is 18.9 Å². The van der Waals surface area contributed by atoms with Crippen LogP contribution in [0.1, 0.15) is 30.9 Å². The minimum absolute atomic E-state index is 0.0748. The zero-order chi connectivity index (χ0) is 17.1. The van der Waals surface area contributed by atoms with Crippen LogP contribution in [0.2, 0.25) is 0 Å². The van der Waals surface area contributed by atoms with Crippen LogP contribution in [0.25, 0.3) is 11.6 Å². The molecule has 0 spiro atoms. The van der Waals surface area contributed by atoms with Crippen LogP contribution in [0.5, 0.6) is 11.5 Å². The molecular weight excluding hydrogens is 316 g/mol. The maximum Gasteiger partial charge on any atom is 0.202 e. The van der Waals surface area contributed by atoms with E-state index in [-0.39, 0.29) is 12.6 Å². The Hall–Kier alpha value is -2.30. The number of ether oxygens (including phenoxy) is 4. The molecule has 0 aliphatic carbocycles. The Morgan fingerprint density at radius 2 is 1.32 bits per heavy atom. The lowest BCUT2D eigenvalue weighted by atomic mass is 10.0. The zero-order valence-electron chi connectivity index (χ0n) is 14.3. The SMILES string of the molecule is CC(=Cc1ccc(OC2CCO2)cc1)c1ccc(OC2CCO2)cc1. The first kappa shape index (κ1) is 16.2. The summed E-state index contributed by atoms with van der Waals surface area (Å²) in [5.74, 6) is 1.69. The molecule has 4 heteroatoms. The van der Waals surface area contributed by atoms with Crippen LogP contribution in [0.15, 0.2) is 48.5 Å². The van der Waals surface area contributed by atoms with Crippen LogP contribution in [0, 0.1) is 0 Å². The van der Waals surface area contributed by atoms with Gasteiger partial charge in [0.2, 0.25) is 12.6 Å². The van der Waals surface area contributed by atoms with E-state index in [0.29, 0.717) is 0 Å². The van der Waals surface area contributed by atoms with E-state index in [2.05, 4.69) is 37.3 Å². The van der Waals surface area contributed by atoms with Crippen molar-refractivity contribution in [3.8, 4) is 11.5 Å². The van der Waals surface area contributed by atoms with E-state index < -0.39 is 0 Å². The smallest absolute Gasteiger partial charge is 0.202 e. The van der Waals surface area contributed by atoms with Gasteiger partial charge in [-0.15, -0.1) is 0 Å². The van der Waals surface area contributed by atoms with Crippen molar-refractivity contribution in [2.75, 3.05) is 13.2 Å². The Morgan fingerprint density at radius 3 is 1.76 bits per heavy atom. The van der Waals surface area contributed by atoms with Gasteiger partial charge in [0.1, 0.15) is 11.5 Å². The summed E-state index contributed by atoms with van der Waals surface area (Å²) in [7, 11) is 0. The van der Waals surface area contributed by atoms with Crippen LogP contribution in [0.3, 0.4) is 0 Å². The van der Waals surface area contributed by atoms with Crippen LogP contribution < -0.4 is 9.47 Å². The van der Waals surface area contributed by atoms with Gasteiger partial charge in [0.25, 0.3) is 0 Å². The number of hydrogen-bond donors (Lipinski definition) is 0. The fraction of sp³-hybridized carbons (Fsp3) is 0.333. The van der Waals surface area contributed by atoms with E-state index in [1.165, 1.54) is 11.1 Å². The second-order valence-corrected chi connectivity index (χ2v) is 6.33. The highest BCUT2D eigenvalue weighted by Gasteiger charge is 2.20. The molecule has 25 heavy (non-hydrogen) atoms. The van der Waals surface area contributed by atoms with Gasteiger partial charge in [0.15, 0.2) is 0 Å². The molecule has 0 N–H and O–H groups in total. The van der Waals surface area contributed by atoms with Crippen molar-refractivity contribution in [1.29, 1.82) is 0 Å². The fourth-order valence-electron chi connectivity index (χ4n) is 2.69. The molecule has 4 rings (SSSR count). The number of benzene rings is 2. The topological polar surface area (TPSA) is 36.9 Å². The molecule has 2 unspecified atom stereocenters. The summed E-state index contributed by atoms with van der Waals surface area (Å²) in [5.41, 5.74) is 3.51. The first-order valence-corrected chi connectivity index (χ1v) is 8.71. The summed E-state index contributed by atoms with van der Waals surface area (Å²) in [4.78, 5) is 0. The molecule has 130 valence electrons. The molecule has 2 aromatic carbocycles. The van der Waals surface area contributed by atoms with Gasteiger partial charge >= 0.3 is 0 Å². The summed E-state index contributed by atoms with van der Waals surface area (Å²) in [6, 6.07) is 16.2. The molecule has 2 heterocycles. The molecule has 0 radical (unpaired) electrons. The third kappa shape index (κ3) is 4.03. The summed E-state index contributed by atoms with van der Waals surface area (Å²) < 4.78 is 21.9. The lowest BCUT2D eigenvalue weighted by Crippen LogP contribution is -2.32. The molecule has 4 nitrogen and oxygen atoms in total. The van der Waals surface area contributed by atoms with E-state index in [1.54, 1.807) is 0 Å². The molecule has 0 saturated carbocycles. The van der Waals surface area contributed by atoms with Crippen molar-refractivity contribution in [3.05, 3.63) is 59.7 Å². The van der Waals surface area contributed by atoms with E-state index in [9.17, 15) is 0 Å². The zero-order valence-corrected chi connectivity index (χ0v) is 14.3. The summed E-state index contributed by atoms with van der Waals surface area (Å²) in [5, 5.41) is 0. The molecule has 2 fully saturated rings. The fourth-order valence-corrected chi connectivity index (χ4v) is 2.69. The predicted molar refractivity (Wildman–Crippen MR) is 96.4 cm³/mol. The largest absolute Gasteiger partial charge is 0.465 e. The molecule has 0 bridgehead atoms. The average molecular weight is 338 g/mol. The Bertz CT molecular complexity index is 725. The van der Waals surface area contributed by atoms with E-state index in [4.69, 9.17) is 18.9 Å². The van der Waals surface area contributed by atoms with Gasteiger partial charge in [-0.1, -0.05) is 30.3 Å². The molecule has 2 saturated heterocycles. The second-order valence-electron chi connectivity index (χ2n) is 6.33. The van der Waals surface area contributed by atoms with E-state index in [1.807, 2.05) is 24.3 Å². The first-order chi connectivity index (χ1) is 12.3. The van der Waals surface area contributed by atoms with Gasteiger partial charge in [0.05, 0.1) is 13.2 Å². The van der Waals surface area contributed by atoms with Crippen molar-refractivity contribution in [2.45, 2.75) is 32.3 Å². The standard InChI is InChI=1S/C21H22O4/c1-15(17-4-8-19(9-5-17)25-21-11-13-23-21)14-16-2-6-18(7-3-16)24-20-10-12-22-20/h2-9,14,20-21H,10-13H2,1H3. The number of allylic oxidation sites excluding steroid dienone is 1. The van der Waals surface area contributed by atoms with Crippen molar-refractivity contribution in [1.82, 2.24) is 0 Å². The molecule has 0 aromatic heterocycles. The lowest BCUT2D eigenvalue weighted by Gasteiger charge is -2.26. The van der Waals surface area contributed by atoms with Crippen LogP contribution >= 0.6 is 0 Å². The highest BCUT2D eigenvalue weighted by Crippen LogP contribution is 2.25. The van der Waals surface area contributed by atoms with Gasteiger partial charge in [-0.25, -0.2) is 0 Å². The third-order valence-corrected chi connectivity index (χ3v) is 4.42. The minimum Gasteiger partial charge on any atom is -0.465 e. The van der Waals surface area contributed by atoms with E-state index in [0.717, 1.165) is 43.1 Å². The van der Waals surface area contributed by atoms with Crippen molar-refractivity contribution in [2.24, 2.45) is 0 Å². The summed E-state index contributed by atoms with van der Waals surface area (Å²) in [6.07, 6.45) is 3.94. The maximum atomic E-state index is 5.70. The Balaban J connectivity index is 1.39. The van der Waals surface area contributed by atoms with Gasteiger partial charge < -0.3 is 18.9 Å². The highest BCUT2D eigenvalue weighted by atomic mass is 16.7. The Morgan fingerprint density at radius 1 is 0.840 bits per heavy atom. The monoisotopic (exact) mass is 338 g/mol. The predicted octanol–water partition coefficient (Wildman–Crippen LogP) is 4.50. The quantitative estimate of drug-likeness (QED) is 0.727. The van der Waals surface area contributed by atoms with Gasteiger partial charge in [-0.05, 0) is 47.9 Å². The van der Waals surface area contributed by atoms with Crippen LogP contribution in [-0.4, -0.2) is 25.8 Å². The van der Waals surface area contributed by atoms with E-state index >= 15 is 0 Å². The Labute approximate surface area is 148 Å². The molecular formula is C21H22O4. The summed E-state index contributed by atoms with van der Waals surface area (Å²) >= 11 is 0. The van der Waals surface area contributed by atoms with Crippen molar-refractivity contribution in [3.63, 3.8) is 0 Å². The minimum atomic E-state index is -0.0754. The van der Waals surface area contributed by atoms with Gasteiger partial charge in [-0.3, -0.25) is 0 Å². The number of hydrogen-bond acceptors (Lipinski definition) is 4. The van der Waals surface area contributed by atoms with Gasteiger partial charge in [0, 0.05) is 12.8 Å².